The van der Waals surface area contributed by atoms with Crippen LogP contribution in [0.1, 0.15) is 11.4 Å². The lowest BCUT2D eigenvalue weighted by Crippen LogP contribution is -2.05. The van der Waals surface area contributed by atoms with E-state index in [9.17, 15) is 0 Å². The summed E-state index contributed by atoms with van der Waals surface area (Å²) in [7, 11) is 0. The molecule has 2 N–H and O–H groups in total. The highest BCUT2D eigenvalue weighted by molar-refractivity contribution is 5.05. The molecule has 0 saturated heterocycles. The molecule has 3 nitrogen and oxygen atoms in total. The van der Waals surface area contributed by atoms with Gasteiger partial charge in [-0.25, -0.2) is 0 Å². The second-order valence-electron chi connectivity index (χ2n) is 2.20. The van der Waals surface area contributed by atoms with E-state index in [2.05, 4.69) is 10.2 Å². The van der Waals surface area contributed by atoms with Crippen LogP contribution in [0.3, 0.4) is 0 Å². The van der Waals surface area contributed by atoms with Crippen LogP contribution in [0.5, 0.6) is 0 Å². The van der Waals surface area contributed by atoms with Gasteiger partial charge in [-0.1, -0.05) is 0 Å². The maximum atomic E-state index is 5.33. The summed E-state index contributed by atoms with van der Waals surface area (Å²) >= 11 is 0. The third-order valence-electron chi connectivity index (χ3n) is 1.25. The highest BCUT2D eigenvalue weighted by Crippen LogP contribution is 1.93. The van der Waals surface area contributed by atoms with Gasteiger partial charge in [0.15, 0.2) is 0 Å². The van der Waals surface area contributed by atoms with E-state index in [1.165, 1.54) is 0 Å². The van der Waals surface area contributed by atoms with Crippen LogP contribution in [0.2, 0.25) is 0 Å². The van der Waals surface area contributed by atoms with Crippen molar-refractivity contribution in [1.82, 2.24) is 10.2 Å². The van der Waals surface area contributed by atoms with Gasteiger partial charge in [-0.15, -0.1) is 0 Å². The molecule has 0 bridgehead atoms. The van der Waals surface area contributed by atoms with Crippen LogP contribution in [0.15, 0.2) is 12.1 Å². The monoisotopic (exact) mass is 137 g/mol. The van der Waals surface area contributed by atoms with Crippen LogP contribution in [-0.4, -0.2) is 16.7 Å². The molecule has 1 aromatic heterocycles. The van der Waals surface area contributed by atoms with E-state index >= 15 is 0 Å². The van der Waals surface area contributed by atoms with Crippen LogP contribution in [0.4, 0.5) is 0 Å². The summed E-state index contributed by atoms with van der Waals surface area (Å²) in [6.07, 6.45) is 0.813. The molecule has 3 heteroatoms. The Morgan fingerprint density at radius 2 is 2.20 bits per heavy atom. The van der Waals surface area contributed by atoms with E-state index in [-0.39, 0.29) is 0 Å². The summed E-state index contributed by atoms with van der Waals surface area (Å²) < 4.78 is 0. The minimum Gasteiger partial charge on any atom is -0.330 e. The number of hydrogen-bond donors (Lipinski definition) is 1. The lowest BCUT2D eigenvalue weighted by atomic mass is 10.3. The smallest absolute Gasteiger partial charge is 0.0643 e. The van der Waals surface area contributed by atoms with Gasteiger partial charge in [-0.2, -0.15) is 10.2 Å². The number of nitrogens with two attached hydrogens (primary N) is 1. The average molecular weight is 137 g/mol. The molecule has 54 valence electrons. The predicted molar refractivity (Wildman–Crippen MR) is 39.5 cm³/mol. The van der Waals surface area contributed by atoms with Crippen molar-refractivity contribution in [2.45, 2.75) is 13.3 Å². The first-order chi connectivity index (χ1) is 4.83. The lowest BCUT2D eigenvalue weighted by Gasteiger charge is -1.94. The molecule has 0 atom stereocenters. The van der Waals surface area contributed by atoms with E-state index in [4.69, 9.17) is 5.73 Å². The fraction of sp³-hybridized carbons (Fsp3) is 0.429. The zero-order valence-electron chi connectivity index (χ0n) is 6.04. The predicted octanol–water partition coefficient (Wildman–Crippen LogP) is 0.286. The molecule has 0 aliphatic heterocycles. The van der Waals surface area contributed by atoms with Crippen LogP contribution < -0.4 is 5.73 Å². The molecule has 1 aromatic rings. The molecule has 10 heavy (non-hydrogen) atoms. The van der Waals surface area contributed by atoms with Crippen molar-refractivity contribution < 1.29 is 0 Å². The third kappa shape index (κ3) is 1.77. The van der Waals surface area contributed by atoms with Crippen LogP contribution >= 0.6 is 0 Å². The Morgan fingerprint density at radius 3 is 2.70 bits per heavy atom. The first-order valence-electron chi connectivity index (χ1n) is 3.32. The molecule has 0 radical (unpaired) electrons. The highest BCUT2D eigenvalue weighted by atomic mass is 15.1. The molecular formula is C7H11N3. The Bertz CT molecular complexity index is 193. The molecule has 0 aliphatic rings. The van der Waals surface area contributed by atoms with Gasteiger partial charge in [-0.05, 0) is 25.6 Å². The quantitative estimate of drug-likeness (QED) is 0.637. The summed E-state index contributed by atoms with van der Waals surface area (Å²) in [5.41, 5.74) is 7.24. The van der Waals surface area contributed by atoms with E-state index in [1.54, 1.807) is 0 Å². The third-order valence-corrected chi connectivity index (χ3v) is 1.25. The molecule has 0 fully saturated rings. The van der Waals surface area contributed by atoms with Crippen LogP contribution in [0, 0.1) is 6.92 Å². The van der Waals surface area contributed by atoms with Gasteiger partial charge in [0.05, 0.1) is 11.4 Å². The Labute approximate surface area is 60.3 Å². The van der Waals surface area contributed by atoms with Crippen molar-refractivity contribution in [2.24, 2.45) is 5.73 Å². The summed E-state index contributed by atoms with van der Waals surface area (Å²) in [5.74, 6) is 0. The summed E-state index contributed by atoms with van der Waals surface area (Å²) in [5, 5.41) is 7.83. The van der Waals surface area contributed by atoms with Crippen LogP contribution in [0.25, 0.3) is 0 Å². The van der Waals surface area contributed by atoms with Gasteiger partial charge in [0.2, 0.25) is 0 Å². The van der Waals surface area contributed by atoms with Crippen LogP contribution in [-0.2, 0) is 6.42 Å². The molecule has 0 saturated carbocycles. The fourth-order valence-corrected chi connectivity index (χ4v) is 0.708. The van der Waals surface area contributed by atoms with Crippen molar-refractivity contribution in [2.75, 3.05) is 6.54 Å². The molecule has 1 heterocycles. The Kier molecular flexibility index (Phi) is 2.34. The number of hydrogen-bond acceptors (Lipinski definition) is 3. The first kappa shape index (κ1) is 7.15. The minimum atomic E-state index is 0.637. The second kappa shape index (κ2) is 3.27. The number of nitrogens with zero attached hydrogens (tertiary/aromatic N) is 2. The van der Waals surface area contributed by atoms with Crippen molar-refractivity contribution >= 4 is 0 Å². The van der Waals surface area contributed by atoms with Gasteiger partial charge >= 0.3 is 0 Å². The Balaban J connectivity index is 2.69. The number of aromatic nitrogens is 2. The summed E-state index contributed by atoms with van der Waals surface area (Å²) in [6, 6.07) is 3.90. The molecule has 0 aromatic carbocycles. The molecular weight excluding hydrogens is 126 g/mol. The van der Waals surface area contributed by atoms with Crippen molar-refractivity contribution in [1.29, 1.82) is 0 Å². The summed E-state index contributed by atoms with van der Waals surface area (Å²) in [6.45, 7) is 2.55. The van der Waals surface area contributed by atoms with E-state index in [0.29, 0.717) is 6.54 Å². The maximum Gasteiger partial charge on any atom is 0.0643 e. The summed E-state index contributed by atoms with van der Waals surface area (Å²) in [4.78, 5) is 0. The standard InChI is InChI=1S/C7H11N3/c1-6-2-3-7(4-5-8)10-9-6/h2-3H,4-5,8H2,1H3. The molecule has 0 spiro atoms. The van der Waals surface area contributed by atoms with Gasteiger partial charge in [0, 0.05) is 6.42 Å². The zero-order chi connectivity index (χ0) is 7.40. The lowest BCUT2D eigenvalue weighted by molar-refractivity contribution is 0.851. The molecule has 0 aliphatic carbocycles. The zero-order valence-corrected chi connectivity index (χ0v) is 6.04. The Morgan fingerprint density at radius 1 is 1.40 bits per heavy atom. The number of rotatable bonds is 2. The van der Waals surface area contributed by atoms with E-state index < -0.39 is 0 Å². The minimum absolute atomic E-state index is 0.637. The molecule has 0 unspecified atom stereocenters. The van der Waals surface area contributed by atoms with Crippen molar-refractivity contribution in [3.63, 3.8) is 0 Å². The molecule has 0 amide bonds. The second-order valence-corrected chi connectivity index (χ2v) is 2.20. The number of aryl methyl sites for hydroxylation is 1. The van der Waals surface area contributed by atoms with Crippen molar-refractivity contribution in [3.8, 4) is 0 Å². The van der Waals surface area contributed by atoms with Crippen molar-refractivity contribution in [3.05, 3.63) is 23.5 Å². The highest BCUT2D eigenvalue weighted by Gasteiger charge is 1.91. The largest absolute Gasteiger partial charge is 0.330 e. The Hall–Kier alpha value is -0.960. The van der Waals surface area contributed by atoms with E-state index in [1.807, 2.05) is 19.1 Å². The SMILES string of the molecule is Cc1ccc(CCN)nn1. The average Bonchev–Trinajstić information content (AvgIpc) is 1.95. The first-order valence-corrected chi connectivity index (χ1v) is 3.32. The van der Waals surface area contributed by atoms with Gasteiger partial charge in [0.25, 0.3) is 0 Å². The van der Waals surface area contributed by atoms with Gasteiger partial charge in [0.1, 0.15) is 0 Å². The maximum absolute atomic E-state index is 5.33. The fourth-order valence-electron chi connectivity index (χ4n) is 0.708. The normalized spacial score (nSPS) is 9.80. The topological polar surface area (TPSA) is 51.8 Å². The van der Waals surface area contributed by atoms with Gasteiger partial charge < -0.3 is 5.73 Å². The van der Waals surface area contributed by atoms with E-state index in [0.717, 1.165) is 17.8 Å². The molecule has 1 rings (SSSR count). The van der Waals surface area contributed by atoms with Gasteiger partial charge in [-0.3, -0.25) is 0 Å².